The maximum Gasteiger partial charge on any atom is 0.257 e. The second-order valence-electron chi connectivity index (χ2n) is 5.53. The summed E-state index contributed by atoms with van der Waals surface area (Å²) in [6.45, 7) is 1.26. The molecule has 2 aromatic rings. The minimum Gasteiger partial charge on any atom is -0.472 e. The third-order valence-electron chi connectivity index (χ3n) is 4.00. The lowest BCUT2D eigenvalue weighted by Crippen LogP contribution is -2.46. The summed E-state index contributed by atoms with van der Waals surface area (Å²) in [6.07, 6.45) is 4.46. The van der Waals surface area contributed by atoms with Crippen molar-refractivity contribution in [1.82, 2.24) is 10.2 Å². The van der Waals surface area contributed by atoms with E-state index in [1.54, 1.807) is 17.0 Å². The van der Waals surface area contributed by atoms with Gasteiger partial charge in [0.25, 0.3) is 11.8 Å². The number of piperidine rings is 1. The Morgan fingerprint density at radius 1 is 1.17 bits per heavy atom. The van der Waals surface area contributed by atoms with Crippen LogP contribution in [0, 0.1) is 0 Å². The summed E-state index contributed by atoms with van der Waals surface area (Å²) in [5.74, 6) is -0.105. The van der Waals surface area contributed by atoms with Crippen LogP contribution >= 0.6 is 15.9 Å². The number of hydrogen-bond acceptors (Lipinski definition) is 3. The van der Waals surface area contributed by atoms with Crippen LogP contribution in [-0.4, -0.2) is 35.8 Å². The number of likely N-dealkylation sites (tertiary alicyclic amines) is 1. The van der Waals surface area contributed by atoms with Crippen molar-refractivity contribution in [1.29, 1.82) is 0 Å². The summed E-state index contributed by atoms with van der Waals surface area (Å²) in [5.41, 5.74) is 1.20. The molecule has 0 atom stereocenters. The minimum absolute atomic E-state index is 0.0191. The topological polar surface area (TPSA) is 62.6 Å². The summed E-state index contributed by atoms with van der Waals surface area (Å²) in [6, 6.07) is 9.11. The van der Waals surface area contributed by atoms with E-state index >= 15 is 0 Å². The summed E-state index contributed by atoms with van der Waals surface area (Å²) in [7, 11) is 0. The van der Waals surface area contributed by atoms with Crippen LogP contribution in [-0.2, 0) is 0 Å². The average molecular weight is 377 g/mol. The Kier molecular flexibility index (Phi) is 4.81. The third kappa shape index (κ3) is 3.64. The largest absolute Gasteiger partial charge is 0.472 e. The normalized spacial score (nSPS) is 15.4. The highest BCUT2D eigenvalue weighted by atomic mass is 79.9. The molecule has 0 bridgehead atoms. The molecule has 2 heterocycles. The molecule has 2 amide bonds. The number of hydrogen-bond donors (Lipinski definition) is 1. The van der Waals surface area contributed by atoms with E-state index in [-0.39, 0.29) is 17.9 Å². The number of carbonyl (C=O) groups excluding carboxylic acids is 2. The van der Waals surface area contributed by atoms with Crippen molar-refractivity contribution >= 4 is 27.7 Å². The first-order chi connectivity index (χ1) is 11.1. The van der Waals surface area contributed by atoms with Gasteiger partial charge in [-0.15, -0.1) is 0 Å². The maximum absolute atomic E-state index is 12.3. The summed E-state index contributed by atoms with van der Waals surface area (Å²) in [5, 5.41) is 3.04. The molecular weight excluding hydrogens is 360 g/mol. The van der Waals surface area contributed by atoms with Crippen LogP contribution in [0.25, 0.3) is 0 Å². The van der Waals surface area contributed by atoms with E-state index in [1.807, 2.05) is 18.2 Å². The van der Waals surface area contributed by atoms with E-state index in [4.69, 9.17) is 4.42 Å². The average Bonchev–Trinajstić information content (AvgIpc) is 3.09. The van der Waals surface area contributed by atoms with Gasteiger partial charge in [0.05, 0.1) is 17.4 Å². The van der Waals surface area contributed by atoms with Crippen LogP contribution in [0.4, 0.5) is 0 Å². The van der Waals surface area contributed by atoms with Gasteiger partial charge >= 0.3 is 0 Å². The molecule has 1 N–H and O–H groups in total. The van der Waals surface area contributed by atoms with Crippen LogP contribution < -0.4 is 5.32 Å². The van der Waals surface area contributed by atoms with E-state index in [2.05, 4.69) is 21.2 Å². The lowest BCUT2D eigenvalue weighted by atomic mass is 10.0. The predicted octanol–water partition coefficient (Wildman–Crippen LogP) is 3.08. The Hall–Kier alpha value is -2.08. The van der Waals surface area contributed by atoms with Gasteiger partial charge in [-0.25, -0.2) is 0 Å². The number of nitrogens with one attached hydrogen (secondary N) is 1. The second-order valence-corrected chi connectivity index (χ2v) is 6.39. The first kappa shape index (κ1) is 15.8. The third-order valence-corrected chi connectivity index (χ3v) is 4.70. The first-order valence-electron chi connectivity index (χ1n) is 7.52. The van der Waals surface area contributed by atoms with Gasteiger partial charge in [-0.3, -0.25) is 9.59 Å². The summed E-state index contributed by atoms with van der Waals surface area (Å²) >= 11 is 3.39. The SMILES string of the molecule is O=C(NC1CCN(C(=O)c2ccoc2)CC1)c1ccccc1Br. The molecule has 1 fully saturated rings. The van der Waals surface area contributed by atoms with Crippen LogP contribution in [0.1, 0.15) is 33.6 Å². The number of nitrogens with zero attached hydrogens (tertiary/aromatic N) is 1. The Labute approximate surface area is 142 Å². The fourth-order valence-corrected chi connectivity index (χ4v) is 3.17. The smallest absolute Gasteiger partial charge is 0.257 e. The molecule has 3 rings (SSSR count). The van der Waals surface area contributed by atoms with Crippen molar-refractivity contribution in [2.24, 2.45) is 0 Å². The molecule has 0 spiro atoms. The number of furan rings is 1. The molecule has 23 heavy (non-hydrogen) atoms. The number of carbonyl (C=O) groups is 2. The molecule has 0 radical (unpaired) electrons. The summed E-state index contributed by atoms with van der Waals surface area (Å²) in [4.78, 5) is 26.3. The molecule has 1 aliphatic rings. The monoisotopic (exact) mass is 376 g/mol. The van der Waals surface area contributed by atoms with Gasteiger partial charge < -0.3 is 14.6 Å². The molecule has 6 heteroatoms. The van der Waals surface area contributed by atoms with Crippen molar-refractivity contribution in [3.8, 4) is 0 Å². The molecule has 5 nitrogen and oxygen atoms in total. The van der Waals surface area contributed by atoms with Gasteiger partial charge in [0, 0.05) is 23.6 Å². The molecule has 0 unspecified atom stereocenters. The van der Waals surface area contributed by atoms with Crippen molar-refractivity contribution in [3.63, 3.8) is 0 Å². The van der Waals surface area contributed by atoms with Crippen molar-refractivity contribution in [2.45, 2.75) is 18.9 Å². The standard InChI is InChI=1S/C17H17BrN2O3/c18-15-4-2-1-3-14(15)16(21)19-13-5-8-20(9-6-13)17(22)12-7-10-23-11-12/h1-4,7,10-11,13H,5-6,8-9H2,(H,19,21). The van der Waals surface area contributed by atoms with Gasteiger partial charge in [0.1, 0.15) is 6.26 Å². The van der Waals surface area contributed by atoms with Gasteiger partial charge in [0.2, 0.25) is 0 Å². The molecular formula is C17H17BrN2O3. The van der Waals surface area contributed by atoms with E-state index in [9.17, 15) is 9.59 Å². The van der Waals surface area contributed by atoms with Crippen LogP contribution in [0.5, 0.6) is 0 Å². The quantitative estimate of drug-likeness (QED) is 0.894. The second kappa shape index (κ2) is 7.00. The molecule has 1 aromatic carbocycles. The minimum atomic E-state index is -0.0860. The fourth-order valence-electron chi connectivity index (χ4n) is 2.70. The zero-order valence-electron chi connectivity index (χ0n) is 12.5. The van der Waals surface area contributed by atoms with Crippen LogP contribution in [0.3, 0.4) is 0 Å². The van der Waals surface area contributed by atoms with Gasteiger partial charge in [-0.1, -0.05) is 12.1 Å². The van der Waals surface area contributed by atoms with Crippen molar-refractivity contribution in [3.05, 3.63) is 58.5 Å². The predicted molar refractivity (Wildman–Crippen MR) is 89.2 cm³/mol. The molecule has 120 valence electrons. The van der Waals surface area contributed by atoms with Crippen LogP contribution in [0.15, 0.2) is 51.7 Å². The van der Waals surface area contributed by atoms with E-state index < -0.39 is 0 Å². The van der Waals surface area contributed by atoms with Crippen molar-refractivity contribution < 1.29 is 14.0 Å². The maximum atomic E-state index is 12.3. The number of rotatable bonds is 3. The van der Waals surface area contributed by atoms with E-state index in [1.165, 1.54) is 12.5 Å². The van der Waals surface area contributed by atoms with Crippen molar-refractivity contribution in [2.75, 3.05) is 13.1 Å². The molecule has 0 saturated carbocycles. The fraction of sp³-hybridized carbons (Fsp3) is 0.294. The molecule has 1 aromatic heterocycles. The Bertz CT molecular complexity index is 692. The number of amides is 2. The van der Waals surface area contributed by atoms with Gasteiger partial charge in [0.15, 0.2) is 0 Å². The van der Waals surface area contributed by atoms with Crippen LogP contribution in [0.2, 0.25) is 0 Å². The molecule has 1 aliphatic heterocycles. The molecule has 1 saturated heterocycles. The highest BCUT2D eigenvalue weighted by Gasteiger charge is 2.25. The number of benzene rings is 1. The zero-order valence-corrected chi connectivity index (χ0v) is 14.1. The zero-order chi connectivity index (χ0) is 16.2. The Balaban J connectivity index is 1.54. The van der Waals surface area contributed by atoms with E-state index in [0.29, 0.717) is 24.2 Å². The van der Waals surface area contributed by atoms with Gasteiger partial charge in [-0.05, 0) is 47.0 Å². The van der Waals surface area contributed by atoms with E-state index in [0.717, 1.165) is 17.3 Å². The Morgan fingerprint density at radius 2 is 1.91 bits per heavy atom. The Morgan fingerprint density at radius 3 is 2.57 bits per heavy atom. The van der Waals surface area contributed by atoms with Gasteiger partial charge in [-0.2, -0.15) is 0 Å². The molecule has 0 aliphatic carbocycles. The number of halogens is 1. The lowest BCUT2D eigenvalue weighted by molar-refractivity contribution is 0.0697. The summed E-state index contributed by atoms with van der Waals surface area (Å²) < 4.78 is 5.73. The lowest BCUT2D eigenvalue weighted by Gasteiger charge is -2.32. The first-order valence-corrected chi connectivity index (χ1v) is 8.31. The highest BCUT2D eigenvalue weighted by Crippen LogP contribution is 2.18. The highest BCUT2D eigenvalue weighted by molar-refractivity contribution is 9.10.